The smallest absolute Gasteiger partial charge is 0.354 e. The Balaban J connectivity index is 2.32. The van der Waals surface area contributed by atoms with Crippen molar-refractivity contribution in [1.82, 2.24) is 10.2 Å². The molecule has 118 valence electrons. The van der Waals surface area contributed by atoms with E-state index in [-0.39, 0.29) is 11.8 Å². The predicted octanol–water partition coefficient (Wildman–Crippen LogP) is 1.50. The van der Waals surface area contributed by atoms with Crippen molar-refractivity contribution in [3.63, 3.8) is 0 Å². The molecule has 1 aliphatic heterocycles. The first-order valence-electron chi connectivity index (χ1n) is 7.00. The lowest BCUT2D eigenvalue weighted by Crippen LogP contribution is -2.52. The summed E-state index contributed by atoms with van der Waals surface area (Å²) in [7, 11) is 0. The molecule has 0 aliphatic carbocycles. The monoisotopic (exact) mass is 295 g/mol. The molecule has 0 aromatic heterocycles. The van der Waals surface area contributed by atoms with Gasteiger partial charge in [-0.25, -0.2) is 0 Å². The van der Waals surface area contributed by atoms with Crippen molar-refractivity contribution in [2.24, 2.45) is 11.7 Å². The molecule has 0 bridgehead atoms. The van der Waals surface area contributed by atoms with Crippen LogP contribution in [-0.4, -0.2) is 48.7 Å². The van der Waals surface area contributed by atoms with Gasteiger partial charge in [-0.1, -0.05) is 13.3 Å². The highest BCUT2D eigenvalue weighted by Gasteiger charge is 2.35. The SMILES string of the molecule is CCCC(C)(N)C(=O)NCC1CCN(CC(F)(F)F)C1. The number of halogens is 3. The number of carbonyl (C=O) groups excluding carboxylic acids is 1. The second-order valence-corrected chi connectivity index (χ2v) is 5.88. The van der Waals surface area contributed by atoms with Crippen molar-refractivity contribution in [2.45, 2.75) is 44.8 Å². The van der Waals surface area contributed by atoms with Gasteiger partial charge in [0.15, 0.2) is 0 Å². The number of amides is 1. The van der Waals surface area contributed by atoms with E-state index in [9.17, 15) is 18.0 Å². The largest absolute Gasteiger partial charge is 0.401 e. The highest BCUT2D eigenvalue weighted by atomic mass is 19.4. The van der Waals surface area contributed by atoms with Crippen LogP contribution in [0.2, 0.25) is 0 Å². The minimum Gasteiger partial charge on any atom is -0.354 e. The summed E-state index contributed by atoms with van der Waals surface area (Å²) in [6, 6.07) is 0. The minimum absolute atomic E-state index is 0.0683. The quantitative estimate of drug-likeness (QED) is 0.781. The fourth-order valence-corrected chi connectivity index (χ4v) is 2.55. The topological polar surface area (TPSA) is 58.4 Å². The second-order valence-electron chi connectivity index (χ2n) is 5.88. The molecule has 0 spiro atoms. The van der Waals surface area contributed by atoms with Gasteiger partial charge in [0.05, 0.1) is 12.1 Å². The summed E-state index contributed by atoms with van der Waals surface area (Å²) in [5, 5.41) is 2.76. The predicted molar refractivity (Wildman–Crippen MR) is 71.1 cm³/mol. The van der Waals surface area contributed by atoms with Crippen LogP contribution >= 0.6 is 0 Å². The molecule has 4 nitrogen and oxygen atoms in total. The second kappa shape index (κ2) is 6.76. The van der Waals surface area contributed by atoms with E-state index < -0.39 is 18.3 Å². The Hall–Kier alpha value is -0.820. The van der Waals surface area contributed by atoms with Crippen LogP contribution < -0.4 is 11.1 Å². The highest BCUT2D eigenvalue weighted by Crippen LogP contribution is 2.22. The van der Waals surface area contributed by atoms with Crippen molar-refractivity contribution >= 4 is 5.91 Å². The van der Waals surface area contributed by atoms with Gasteiger partial charge >= 0.3 is 6.18 Å². The van der Waals surface area contributed by atoms with Crippen LogP contribution in [-0.2, 0) is 4.79 Å². The molecule has 7 heteroatoms. The van der Waals surface area contributed by atoms with Gasteiger partial charge in [0.2, 0.25) is 5.91 Å². The Morgan fingerprint density at radius 2 is 2.10 bits per heavy atom. The van der Waals surface area contributed by atoms with E-state index in [1.54, 1.807) is 6.92 Å². The molecular formula is C13H24F3N3O. The zero-order valence-electron chi connectivity index (χ0n) is 12.1. The Kier molecular flexibility index (Phi) is 5.82. The fourth-order valence-electron chi connectivity index (χ4n) is 2.55. The van der Waals surface area contributed by atoms with Gasteiger partial charge in [-0.2, -0.15) is 13.2 Å². The Bertz CT molecular complexity index is 331. The van der Waals surface area contributed by atoms with Crippen molar-refractivity contribution < 1.29 is 18.0 Å². The summed E-state index contributed by atoms with van der Waals surface area (Å²) >= 11 is 0. The van der Waals surface area contributed by atoms with Crippen molar-refractivity contribution in [2.75, 3.05) is 26.2 Å². The van der Waals surface area contributed by atoms with Crippen LogP contribution in [0.15, 0.2) is 0 Å². The van der Waals surface area contributed by atoms with Gasteiger partial charge in [-0.05, 0) is 32.2 Å². The molecule has 1 amide bonds. The van der Waals surface area contributed by atoms with Gasteiger partial charge in [0.1, 0.15) is 0 Å². The van der Waals surface area contributed by atoms with E-state index >= 15 is 0 Å². The van der Waals surface area contributed by atoms with Gasteiger partial charge in [0.25, 0.3) is 0 Å². The highest BCUT2D eigenvalue weighted by molar-refractivity contribution is 5.85. The van der Waals surface area contributed by atoms with Crippen LogP contribution in [0.3, 0.4) is 0 Å². The first-order valence-corrected chi connectivity index (χ1v) is 7.00. The maximum atomic E-state index is 12.3. The Morgan fingerprint density at radius 1 is 1.45 bits per heavy atom. The Morgan fingerprint density at radius 3 is 2.65 bits per heavy atom. The molecule has 2 unspecified atom stereocenters. The van der Waals surface area contributed by atoms with E-state index in [0.29, 0.717) is 32.5 Å². The molecule has 20 heavy (non-hydrogen) atoms. The standard InChI is InChI=1S/C13H24F3N3O/c1-3-5-12(2,17)11(20)18-7-10-4-6-19(8-10)9-13(14,15)16/h10H,3-9,17H2,1-2H3,(H,18,20). The van der Waals surface area contributed by atoms with Crippen molar-refractivity contribution in [3.8, 4) is 0 Å². The van der Waals surface area contributed by atoms with E-state index in [1.807, 2.05) is 6.92 Å². The van der Waals surface area contributed by atoms with Gasteiger partial charge < -0.3 is 11.1 Å². The van der Waals surface area contributed by atoms with Crippen LogP contribution in [0.25, 0.3) is 0 Å². The number of rotatable bonds is 6. The number of hydrogen-bond acceptors (Lipinski definition) is 3. The first-order chi connectivity index (χ1) is 9.14. The molecule has 0 aromatic rings. The summed E-state index contributed by atoms with van der Waals surface area (Å²) in [5.74, 6) is -0.160. The molecule has 1 saturated heterocycles. The van der Waals surface area contributed by atoms with E-state index in [4.69, 9.17) is 5.73 Å². The zero-order valence-corrected chi connectivity index (χ0v) is 12.1. The molecule has 0 saturated carbocycles. The first kappa shape index (κ1) is 17.2. The van der Waals surface area contributed by atoms with Crippen LogP contribution in [0, 0.1) is 5.92 Å². The molecule has 1 heterocycles. The lowest BCUT2D eigenvalue weighted by Gasteiger charge is -2.24. The molecule has 2 atom stereocenters. The summed E-state index contributed by atoms with van der Waals surface area (Å²) < 4.78 is 36.8. The third-order valence-corrected chi connectivity index (χ3v) is 3.61. The number of nitrogens with two attached hydrogens (primary N) is 1. The summed E-state index contributed by atoms with van der Waals surface area (Å²) in [6.45, 7) is 3.94. The lowest BCUT2D eigenvalue weighted by molar-refractivity contribution is -0.143. The van der Waals surface area contributed by atoms with Gasteiger partial charge in [0, 0.05) is 13.1 Å². The maximum absolute atomic E-state index is 12.3. The third-order valence-electron chi connectivity index (χ3n) is 3.61. The van der Waals surface area contributed by atoms with Crippen LogP contribution in [0.4, 0.5) is 13.2 Å². The number of nitrogens with zero attached hydrogens (tertiary/aromatic N) is 1. The van der Waals surface area contributed by atoms with Crippen LogP contribution in [0.5, 0.6) is 0 Å². The molecule has 0 aromatic carbocycles. The number of alkyl halides is 3. The summed E-state index contributed by atoms with van der Waals surface area (Å²) in [5.41, 5.74) is 4.99. The number of hydrogen-bond donors (Lipinski definition) is 2. The molecule has 1 rings (SSSR count). The van der Waals surface area contributed by atoms with Crippen LogP contribution in [0.1, 0.15) is 33.1 Å². The van der Waals surface area contributed by atoms with Gasteiger partial charge in [-0.3, -0.25) is 9.69 Å². The number of nitrogens with one attached hydrogen (secondary N) is 1. The van der Waals surface area contributed by atoms with Gasteiger partial charge in [-0.15, -0.1) is 0 Å². The molecule has 3 N–H and O–H groups in total. The fraction of sp³-hybridized carbons (Fsp3) is 0.923. The Labute approximate surface area is 117 Å². The normalized spacial score (nSPS) is 23.6. The summed E-state index contributed by atoms with van der Waals surface area (Å²) in [6.07, 6.45) is -2.09. The summed E-state index contributed by atoms with van der Waals surface area (Å²) in [4.78, 5) is 13.3. The van der Waals surface area contributed by atoms with Crippen molar-refractivity contribution in [3.05, 3.63) is 0 Å². The number of likely N-dealkylation sites (tertiary alicyclic amines) is 1. The zero-order chi connectivity index (χ0) is 15.4. The molecular weight excluding hydrogens is 271 g/mol. The maximum Gasteiger partial charge on any atom is 0.401 e. The van der Waals surface area contributed by atoms with E-state index in [0.717, 1.165) is 6.42 Å². The number of carbonyl (C=O) groups is 1. The van der Waals surface area contributed by atoms with E-state index in [1.165, 1.54) is 4.90 Å². The molecule has 1 aliphatic rings. The van der Waals surface area contributed by atoms with E-state index in [2.05, 4.69) is 5.32 Å². The molecule has 1 fully saturated rings. The average Bonchev–Trinajstić information content (AvgIpc) is 2.70. The lowest BCUT2D eigenvalue weighted by atomic mass is 9.96. The molecule has 0 radical (unpaired) electrons. The van der Waals surface area contributed by atoms with Crippen molar-refractivity contribution in [1.29, 1.82) is 0 Å². The minimum atomic E-state index is -4.16. The third kappa shape index (κ3) is 5.66. The average molecular weight is 295 g/mol.